The lowest BCUT2D eigenvalue weighted by molar-refractivity contribution is -0.925. The van der Waals surface area contributed by atoms with E-state index in [0.717, 1.165) is 0 Å². The van der Waals surface area contributed by atoms with Crippen LogP contribution in [0.15, 0.2) is 0 Å². The van der Waals surface area contributed by atoms with Gasteiger partial charge in [-0.25, -0.2) is 0 Å². The van der Waals surface area contributed by atoms with Gasteiger partial charge < -0.3 is 85.4 Å². The average Bonchev–Trinajstić information content (AvgIpc) is 2.83. The van der Waals surface area contributed by atoms with Gasteiger partial charge in [-0.1, -0.05) is 0 Å². The summed E-state index contributed by atoms with van der Waals surface area (Å²) in [6.07, 6.45) is 11.4. The van der Waals surface area contributed by atoms with E-state index in [1.807, 2.05) is 0 Å². The summed E-state index contributed by atoms with van der Waals surface area (Å²) in [5, 5.41) is 0. The number of quaternary nitrogens is 3. The molecule has 0 spiro atoms. The summed E-state index contributed by atoms with van der Waals surface area (Å²) in [4.78, 5) is 0. The molecule has 6 heteroatoms. The van der Waals surface area contributed by atoms with Crippen molar-refractivity contribution in [3.63, 3.8) is 0 Å². The summed E-state index contributed by atoms with van der Waals surface area (Å²) in [6.45, 7) is 35.1. The van der Waals surface area contributed by atoms with Crippen LogP contribution in [-0.2, 0) is 0 Å². The fourth-order valence-corrected chi connectivity index (χ4v) is 5.75. The standard InChI is InChI=1S/C28H64N3.3HI/c1-9-29(10-2,11-3)25-21-17-19-23-27-31(15-7,16-8)28-24-20-18-22-26-30(12-4,13-5)14-6;;;/h9-28H2,1-8H3;3*1H/q+3;;;/p-3. The molecule has 3 nitrogen and oxygen atoms in total. The molecule has 0 aromatic heterocycles. The van der Waals surface area contributed by atoms with E-state index in [1.54, 1.807) is 0 Å². The lowest BCUT2D eigenvalue weighted by Gasteiger charge is -2.37. The van der Waals surface area contributed by atoms with Gasteiger partial charge in [0.2, 0.25) is 0 Å². The van der Waals surface area contributed by atoms with Crippen molar-refractivity contribution in [3.05, 3.63) is 0 Å². The Hall–Kier alpha value is 2.07. The number of nitrogens with zero attached hydrogens (tertiary/aromatic N) is 3. The molecule has 0 saturated heterocycles. The first-order chi connectivity index (χ1) is 14.9. The molecule has 212 valence electrons. The van der Waals surface area contributed by atoms with Gasteiger partial charge in [-0.05, 0) is 107 Å². The maximum absolute atomic E-state index is 2.43. The van der Waals surface area contributed by atoms with Crippen LogP contribution in [0.2, 0.25) is 0 Å². The Labute approximate surface area is 268 Å². The molecule has 0 aromatic rings. The molecule has 0 N–H and O–H groups in total. The first-order valence-electron chi connectivity index (χ1n) is 14.5. The molecule has 0 radical (unpaired) electrons. The normalized spacial score (nSPS) is 12.0. The van der Waals surface area contributed by atoms with Crippen LogP contribution in [0.1, 0.15) is 107 Å². The van der Waals surface area contributed by atoms with E-state index in [4.69, 9.17) is 0 Å². The maximum Gasteiger partial charge on any atom is 0.0786 e. The van der Waals surface area contributed by atoms with Crippen LogP contribution in [0.5, 0.6) is 0 Å². The van der Waals surface area contributed by atoms with E-state index in [0.29, 0.717) is 0 Å². The molecule has 0 atom stereocenters. The van der Waals surface area contributed by atoms with Crippen LogP contribution < -0.4 is 71.9 Å². The van der Waals surface area contributed by atoms with Gasteiger partial charge >= 0.3 is 0 Å². The Bertz CT molecular complexity index is 359. The van der Waals surface area contributed by atoms with E-state index in [1.165, 1.54) is 143 Å². The molecule has 34 heavy (non-hydrogen) atoms. The van der Waals surface area contributed by atoms with Crippen LogP contribution in [0.4, 0.5) is 0 Å². The van der Waals surface area contributed by atoms with Gasteiger partial charge in [0, 0.05) is 0 Å². The van der Waals surface area contributed by atoms with E-state index < -0.39 is 0 Å². The highest BCUT2D eigenvalue weighted by atomic mass is 127. The van der Waals surface area contributed by atoms with Crippen LogP contribution in [0, 0.1) is 0 Å². The minimum Gasteiger partial charge on any atom is -1.00 e. The predicted molar refractivity (Wildman–Crippen MR) is 142 cm³/mol. The van der Waals surface area contributed by atoms with Crippen LogP contribution >= 0.6 is 0 Å². The molecule has 0 saturated carbocycles. The number of hydrogen-bond acceptors (Lipinski definition) is 0. The topological polar surface area (TPSA) is 0 Å². The number of hydrogen-bond donors (Lipinski definition) is 0. The molecule has 0 aliphatic carbocycles. The lowest BCUT2D eigenvalue weighted by Crippen LogP contribution is -3.00. The highest BCUT2D eigenvalue weighted by Crippen LogP contribution is 2.16. The third-order valence-corrected chi connectivity index (χ3v) is 9.40. The van der Waals surface area contributed by atoms with Crippen LogP contribution in [0.25, 0.3) is 0 Å². The van der Waals surface area contributed by atoms with Crippen molar-refractivity contribution in [2.24, 2.45) is 0 Å². The second-order valence-corrected chi connectivity index (χ2v) is 10.3. The summed E-state index contributed by atoms with van der Waals surface area (Å²) in [6, 6.07) is 0. The maximum atomic E-state index is 2.43. The van der Waals surface area contributed by atoms with Crippen molar-refractivity contribution in [3.8, 4) is 0 Å². The molecule has 0 amide bonds. The zero-order valence-electron chi connectivity index (χ0n) is 24.6. The second-order valence-electron chi connectivity index (χ2n) is 10.3. The smallest absolute Gasteiger partial charge is 0.0786 e. The predicted octanol–water partition coefficient (Wildman–Crippen LogP) is -2.27. The number of halogens is 3. The van der Waals surface area contributed by atoms with Gasteiger partial charge in [-0.3, -0.25) is 0 Å². The molecule has 0 aliphatic rings. The monoisotopic (exact) mass is 823 g/mol. The van der Waals surface area contributed by atoms with E-state index >= 15 is 0 Å². The zero-order chi connectivity index (χ0) is 23.6. The summed E-state index contributed by atoms with van der Waals surface area (Å²) in [5.41, 5.74) is 0. The Morgan fingerprint density at radius 2 is 0.441 bits per heavy atom. The van der Waals surface area contributed by atoms with Gasteiger partial charge in [0.25, 0.3) is 0 Å². The fourth-order valence-electron chi connectivity index (χ4n) is 5.75. The van der Waals surface area contributed by atoms with Crippen LogP contribution in [-0.4, -0.2) is 92.0 Å². The zero-order valence-corrected chi connectivity index (χ0v) is 31.1. The Balaban J connectivity index is -0.00000150. The molecule has 0 fully saturated rings. The summed E-state index contributed by atoms with van der Waals surface area (Å²) in [5.74, 6) is 0. The molecule has 0 aliphatic heterocycles. The molecule has 0 bridgehead atoms. The molecule has 0 aromatic carbocycles. The Kier molecular flexibility index (Phi) is 32.2. The van der Waals surface area contributed by atoms with Crippen molar-refractivity contribution in [2.45, 2.75) is 107 Å². The van der Waals surface area contributed by atoms with Gasteiger partial charge in [0.05, 0.1) is 78.5 Å². The Morgan fingerprint density at radius 3 is 0.618 bits per heavy atom. The summed E-state index contributed by atoms with van der Waals surface area (Å²) >= 11 is 0. The molecular weight excluding hydrogens is 759 g/mol. The quantitative estimate of drug-likeness (QED) is 0.0658. The van der Waals surface area contributed by atoms with Crippen molar-refractivity contribution >= 4 is 0 Å². The lowest BCUT2D eigenvalue weighted by atomic mass is 10.1. The third kappa shape index (κ3) is 16.1. The van der Waals surface area contributed by atoms with Crippen molar-refractivity contribution in [2.75, 3.05) is 78.5 Å². The van der Waals surface area contributed by atoms with Gasteiger partial charge in [0.15, 0.2) is 0 Å². The minimum absolute atomic E-state index is 0. The highest BCUT2D eigenvalue weighted by Gasteiger charge is 2.23. The molecule has 0 unspecified atom stereocenters. The third-order valence-electron chi connectivity index (χ3n) is 9.40. The number of rotatable bonds is 22. The number of unbranched alkanes of at least 4 members (excludes halogenated alkanes) is 6. The average molecular weight is 824 g/mol. The SMILES string of the molecule is CC[N+](CC)(CC)CCCCCC[N+](CC)(CC)CCCCCC[N+](CC)(CC)CC.[I-].[I-].[I-]. The largest absolute Gasteiger partial charge is 1.00 e. The van der Waals surface area contributed by atoms with E-state index in [2.05, 4.69) is 55.4 Å². The van der Waals surface area contributed by atoms with Gasteiger partial charge in [0.1, 0.15) is 0 Å². The summed E-state index contributed by atoms with van der Waals surface area (Å²) in [7, 11) is 0. The van der Waals surface area contributed by atoms with E-state index in [9.17, 15) is 0 Å². The molecule has 0 rings (SSSR count). The van der Waals surface area contributed by atoms with Gasteiger partial charge in [-0.15, -0.1) is 0 Å². The summed E-state index contributed by atoms with van der Waals surface area (Å²) < 4.78 is 4.00. The minimum atomic E-state index is 0. The van der Waals surface area contributed by atoms with Crippen LogP contribution in [0.3, 0.4) is 0 Å². The highest BCUT2D eigenvalue weighted by molar-refractivity contribution is 4.50. The molecular formula is C28H64I3N3. The van der Waals surface area contributed by atoms with Crippen molar-refractivity contribution in [1.82, 2.24) is 0 Å². The van der Waals surface area contributed by atoms with E-state index in [-0.39, 0.29) is 71.9 Å². The first-order valence-corrected chi connectivity index (χ1v) is 14.5. The molecule has 0 heterocycles. The van der Waals surface area contributed by atoms with Crippen molar-refractivity contribution in [1.29, 1.82) is 0 Å². The fraction of sp³-hybridized carbons (Fsp3) is 1.00. The van der Waals surface area contributed by atoms with Crippen molar-refractivity contribution < 1.29 is 85.4 Å². The first kappa shape index (κ1) is 43.1. The van der Waals surface area contributed by atoms with Gasteiger partial charge in [-0.2, -0.15) is 0 Å². The Morgan fingerprint density at radius 1 is 0.265 bits per heavy atom. The second kappa shape index (κ2) is 25.4.